The standard InChI is InChI=1S/C12H13Cl2N3/c1-17-6-2-3-10(17)8-15-16-9-4-5-11(13)12(14)7-9/h4-5,7-8H,2-3,6H2,1H3/b10-8-,16-15?. The second-order valence-electron chi connectivity index (χ2n) is 3.96. The lowest BCUT2D eigenvalue weighted by Crippen LogP contribution is -2.09. The van der Waals surface area contributed by atoms with Gasteiger partial charge in [0.15, 0.2) is 0 Å². The Balaban J connectivity index is 2.07. The van der Waals surface area contributed by atoms with Gasteiger partial charge in [-0.2, -0.15) is 10.2 Å². The van der Waals surface area contributed by atoms with Crippen LogP contribution in [0.1, 0.15) is 12.8 Å². The minimum absolute atomic E-state index is 0.494. The average molecular weight is 270 g/mol. The molecule has 0 saturated carbocycles. The summed E-state index contributed by atoms with van der Waals surface area (Å²) in [5, 5.41) is 9.17. The first-order chi connectivity index (χ1) is 8.16. The summed E-state index contributed by atoms with van der Waals surface area (Å²) in [6.45, 7) is 1.09. The average Bonchev–Trinajstić information content (AvgIpc) is 2.70. The summed E-state index contributed by atoms with van der Waals surface area (Å²) < 4.78 is 0. The molecule has 17 heavy (non-hydrogen) atoms. The normalized spacial score (nSPS) is 18.5. The van der Waals surface area contributed by atoms with Crippen LogP contribution in [0.4, 0.5) is 5.69 Å². The van der Waals surface area contributed by atoms with E-state index < -0.39 is 0 Å². The Kier molecular flexibility index (Phi) is 4.02. The van der Waals surface area contributed by atoms with Crippen molar-refractivity contribution in [3.63, 3.8) is 0 Å². The van der Waals surface area contributed by atoms with Gasteiger partial charge in [0, 0.05) is 19.3 Å². The third-order valence-electron chi connectivity index (χ3n) is 2.70. The highest BCUT2D eigenvalue weighted by Crippen LogP contribution is 2.27. The van der Waals surface area contributed by atoms with Gasteiger partial charge in [-0.25, -0.2) is 0 Å². The van der Waals surface area contributed by atoms with Crippen LogP contribution in [0.2, 0.25) is 10.0 Å². The van der Waals surface area contributed by atoms with Crippen molar-refractivity contribution in [2.75, 3.05) is 13.6 Å². The van der Waals surface area contributed by atoms with E-state index in [-0.39, 0.29) is 0 Å². The fourth-order valence-electron chi connectivity index (χ4n) is 1.70. The predicted octanol–water partition coefficient (Wildman–Crippen LogP) is 4.64. The van der Waals surface area contributed by atoms with Gasteiger partial charge in [-0.3, -0.25) is 0 Å². The maximum absolute atomic E-state index is 5.89. The van der Waals surface area contributed by atoms with Gasteiger partial charge >= 0.3 is 0 Å². The number of benzene rings is 1. The van der Waals surface area contributed by atoms with Crippen LogP contribution in [-0.2, 0) is 0 Å². The first-order valence-electron chi connectivity index (χ1n) is 5.43. The van der Waals surface area contributed by atoms with Gasteiger partial charge in [-0.05, 0) is 31.0 Å². The van der Waals surface area contributed by atoms with Crippen LogP contribution in [0, 0.1) is 0 Å². The number of rotatable bonds is 2. The molecule has 1 aromatic rings. The highest BCUT2D eigenvalue weighted by molar-refractivity contribution is 6.42. The molecule has 1 aliphatic rings. The van der Waals surface area contributed by atoms with E-state index in [0.717, 1.165) is 13.0 Å². The van der Waals surface area contributed by atoms with Crippen LogP contribution in [0.15, 0.2) is 40.3 Å². The fraction of sp³-hybridized carbons (Fsp3) is 0.333. The van der Waals surface area contributed by atoms with Crippen molar-refractivity contribution in [3.8, 4) is 0 Å². The lowest BCUT2D eigenvalue weighted by molar-refractivity contribution is 0.479. The Hall–Kier alpha value is -1.06. The zero-order valence-electron chi connectivity index (χ0n) is 9.53. The zero-order valence-corrected chi connectivity index (χ0v) is 11.0. The monoisotopic (exact) mass is 269 g/mol. The van der Waals surface area contributed by atoms with Crippen molar-refractivity contribution >= 4 is 28.9 Å². The van der Waals surface area contributed by atoms with Crippen molar-refractivity contribution in [2.24, 2.45) is 10.2 Å². The van der Waals surface area contributed by atoms with Crippen LogP contribution >= 0.6 is 23.2 Å². The van der Waals surface area contributed by atoms with Gasteiger partial charge in [-0.1, -0.05) is 23.2 Å². The molecule has 0 aliphatic carbocycles. The summed E-state index contributed by atoms with van der Waals surface area (Å²) in [6, 6.07) is 5.20. The number of azo groups is 1. The van der Waals surface area contributed by atoms with Crippen LogP contribution in [-0.4, -0.2) is 18.5 Å². The Morgan fingerprint density at radius 3 is 2.76 bits per heavy atom. The Morgan fingerprint density at radius 1 is 1.29 bits per heavy atom. The highest BCUT2D eigenvalue weighted by Gasteiger charge is 2.11. The van der Waals surface area contributed by atoms with Crippen molar-refractivity contribution in [1.82, 2.24) is 4.90 Å². The minimum atomic E-state index is 0.494. The molecule has 2 rings (SSSR count). The Morgan fingerprint density at radius 2 is 2.12 bits per heavy atom. The molecule has 0 atom stereocenters. The summed E-state index contributed by atoms with van der Waals surface area (Å²) >= 11 is 11.7. The molecule has 1 saturated heterocycles. The number of allylic oxidation sites excluding steroid dienone is 1. The summed E-state index contributed by atoms with van der Waals surface area (Å²) in [7, 11) is 2.06. The number of nitrogens with zero attached hydrogens (tertiary/aromatic N) is 3. The summed E-state index contributed by atoms with van der Waals surface area (Å²) in [5.74, 6) is 0. The van der Waals surface area contributed by atoms with Gasteiger partial charge in [0.05, 0.1) is 21.9 Å². The van der Waals surface area contributed by atoms with E-state index in [9.17, 15) is 0 Å². The van der Waals surface area contributed by atoms with E-state index in [1.165, 1.54) is 12.1 Å². The first kappa shape index (κ1) is 12.4. The molecule has 0 aromatic heterocycles. The molecule has 0 amide bonds. The SMILES string of the molecule is CN1CCC/C1=C/N=Nc1ccc(Cl)c(Cl)c1. The van der Waals surface area contributed by atoms with Gasteiger partial charge in [0.2, 0.25) is 0 Å². The Labute approximate surface area is 111 Å². The maximum atomic E-state index is 5.89. The van der Waals surface area contributed by atoms with Crippen LogP contribution in [0.5, 0.6) is 0 Å². The number of hydrogen-bond acceptors (Lipinski definition) is 3. The van der Waals surface area contributed by atoms with Gasteiger partial charge in [0.25, 0.3) is 0 Å². The first-order valence-corrected chi connectivity index (χ1v) is 6.18. The van der Waals surface area contributed by atoms with Crippen LogP contribution < -0.4 is 0 Å². The predicted molar refractivity (Wildman–Crippen MR) is 70.9 cm³/mol. The Bertz CT molecular complexity index is 469. The van der Waals surface area contributed by atoms with Gasteiger partial charge < -0.3 is 4.90 Å². The largest absolute Gasteiger partial charge is 0.377 e. The molecule has 1 aliphatic heterocycles. The van der Waals surface area contributed by atoms with Crippen LogP contribution in [0.25, 0.3) is 0 Å². The molecule has 3 nitrogen and oxygen atoms in total. The highest BCUT2D eigenvalue weighted by atomic mass is 35.5. The van der Waals surface area contributed by atoms with E-state index in [1.54, 1.807) is 24.4 Å². The molecule has 0 bridgehead atoms. The molecule has 0 radical (unpaired) electrons. The van der Waals surface area contributed by atoms with E-state index >= 15 is 0 Å². The second kappa shape index (κ2) is 5.52. The van der Waals surface area contributed by atoms with E-state index in [1.807, 2.05) is 0 Å². The molecular weight excluding hydrogens is 257 g/mol. The molecule has 0 spiro atoms. The van der Waals surface area contributed by atoms with E-state index in [2.05, 4.69) is 22.2 Å². The van der Waals surface area contributed by atoms with Gasteiger partial charge in [0.1, 0.15) is 0 Å². The summed E-state index contributed by atoms with van der Waals surface area (Å²) in [4.78, 5) is 2.19. The lowest BCUT2D eigenvalue weighted by Gasteiger charge is -2.10. The third-order valence-corrected chi connectivity index (χ3v) is 3.44. The molecule has 1 fully saturated rings. The van der Waals surface area contributed by atoms with E-state index in [4.69, 9.17) is 23.2 Å². The molecule has 0 unspecified atom stereocenters. The number of hydrogen-bond donors (Lipinski definition) is 0. The van der Waals surface area contributed by atoms with Crippen molar-refractivity contribution in [3.05, 3.63) is 40.1 Å². The molecule has 0 N–H and O–H groups in total. The minimum Gasteiger partial charge on any atom is -0.377 e. The van der Waals surface area contributed by atoms with E-state index in [0.29, 0.717) is 15.7 Å². The summed E-state index contributed by atoms with van der Waals surface area (Å²) in [6.07, 6.45) is 4.05. The second-order valence-corrected chi connectivity index (χ2v) is 4.77. The van der Waals surface area contributed by atoms with Crippen LogP contribution in [0.3, 0.4) is 0 Å². The van der Waals surface area contributed by atoms with Crippen molar-refractivity contribution in [1.29, 1.82) is 0 Å². The fourth-order valence-corrected chi connectivity index (χ4v) is 2.00. The van der Waals surface area contributed by atoms with Crippen molar-refractivity contribution in [2.45, 2.75) is 12.8 Å². The molecule has 90 valence electrons. The topological polar surface area (TPSA) is 28.0 Å². The lowest BCUT2D eigenvalue weighted by atomic mass is 10.3. The molecule has 1 aromatic carbocycles. The third kappa shape index (κ3) is 3.20. The van der Waals surface area contributed by atoms with Gasteiger partial charge in [-0.15, -0.1) is 0 Å². The smallest absolute Gasteiger partial charge is 0.0872 e. The summed E-state index contributed by atoms with van der Waals surface area (Å²) in [5.41, 5.74) is 1.92. The molecule has 1 heterocycles. The zero-order chi connectivity index (χ0) is 12.3. The van der Waals surface area contributed by atoms with Crippen molar-refractivity contribution < 1.29 is 0 Å². The quantitative estimate of drug-likeness (QED) is 0.719. The number of halogens is 2. The molecular formula is C12H13Cl2N3. The molecule has 5 heteroatoms. The maximum Gasteiger partial charge on any atom is 0.0872 e. The number of likely N-dealkylation sites (tertiary alicyclic amines) is 1.